The van der Waals surface area contributed by atoms with Crippen molar-refractivity contribution in [2.75, 3.05) is 7.11 Å². The predicted octanol–water partition coefficient (Wildman–Crippen LogP) is 0.691. The van der Waals surface area contributed by atoms with Gasteiger partial charge in [-0.1, -0.05) is 0 Å². The highest BCUT2D eigenvalue weighted by atomic mass is 16.7. The third-order valence-corrected chi connectivity index (χ3v) is 2.75. The zero-order valence-corrected chi connectivity index (χ0v) is 9.20. The Kier molecular flexibility index (Phi) is 4.44. The van der Waals surface area contributed by atoms with Crippen molar-refractivity contribution in [3.63, 3.8) is 0 Å². The lowest BCUT2D eigenvalue weighted by atomic mass is 9.77. The molecule has 1 heterocycles. The lowest BCUT2D eigenvalue weighted by molar-refractivity contribution is -0.217. The molecule has 0 aromatic heterocycles. The smallest absolute Gasteiger partial charge is 0.174 e. The summed E-state index contributed by atoms with van der Waals surface area (Å²) in [6.07, 6.45) is -1.56. The molecule has 0 spiro atoms. The summed E-state index contributed by atoms with van der Waals surface area (Å²) >= 11 is 0. The molecule has 0 amide bonds. The molecule has 5 atom stereocenters. The zero-order chi connectivity index (χ0) is 12.8. The highest BCUT2D eigenvalue weighted by Crippen LogP contribution is 2.36. The van der Waals surface area contributed by atoms with Crippen LogP contribution in [0.15, 0.2) is 0 Å². The van der Waals surface area contributed by atoms with Crippen molar-refractivity contribution in [3.05, 3.63) is 0 Å². The fourth-order valence-corrected chi connectivity index (χ4v) is 1.90. The summed E-state index contributed by atoms with van der Waals surface area (Å²) in [6, 6.07) is 7.71. The first-order valence-electron chi connectivity index (χ1n) is 4.97. The van der Waals surface area contributed by atoms with E-state index in [0.717, 1.165) is 0 Å². The largest absolute Gasteiger partial charge is 0.354 e. The molecule has 86 valence electrons. The standard InChI is InChI=1S/C11H10N4O2/c1-16-11-9(6-15)7(4-13)8(5-14)10(17-11)2-3-12/h7-11H,2H2,1H3. The number of rotatable bonds is 2. The summed E-state index contributed by atoms with van der Waals surface area (Å²) in [5.41, 5.74) is 0. The van der Waals surface area contributed by atoms with Crippen LogP contribution in [0.4, 0.5) is 0 Å². The Bertz CT molecular complexity index is 436. The van der Waals surface area contributed by atoms with E-state index >= 15 is 0 Å². The van der Waals surface area contributed by atoms with Crippen LogP contribution in [0.25, 0.3) is 0 Å². The first kappa shape index (κ1) is 12.9. The van der Waals surface area contributed by atoms with Crippen molar-refractivity contribution in [2.45, 2.75) is 18.8 Å². The minimum Gasteiger partial charge on any atom is -0.354 e. The molecule has 0 saturated carbocycles. The average molecular weight is 230 g/mol. The second-order valence-corrected chi connectivity index (χ2v) is 3.61. The molecule has 1 rings (SSSR count). The van der Waals surface area contributed by atoms with Crippen LogP contribution < -0.4 is 0 Å². The molecular weight excluding hydrogens is 220 g/mol. The molecule has 0 aliphatic carbocycles. The van der Waals surface area contributed by atoms with Crippen LogP contribution in [0.3, 0.4) is 0 Å². The van der Waals surface area contributed by atoms with Gasteiger partial charge in [0.2, 0.25) is 0 Å². The lowest BCUT2D eigenvalue weighted by Crippen LogP contribution is -2.47. The van der Waals surface area contributed by atoms with Crippen molar-refractivity contribution < 1.29 is 9.47 Å². The maximum Gasteiger partial charge on any atom is 0.174 e. The minimum atomic E-state index is -0.868. The van der Waals surface area contributed by atoms with Crippen molar-refractivity contribution in [3.8, 4) is 24.3 Å². The highest BCUT2D eigenvalue weighted by Gasteiger charge is 2.46. The Morgan fingerprint density at radius 1 is 1.00 bits per heavy atom. The molecule has 17 heavy (non-hydrogen) atoms. The fraction of sp³-hybridized carbons (Fsp3) is 0.636. The monoisotopic (exact) mass is 230 g/mol. The van der Waals surface area contributed by atoms with Crippen LogP contribution in [-0.2, 0) is 9.47 Å². The van der Waals surface area contributed by atoms with Crippen LogP contribution in [0.5, 0.6) is 0 Å². The van der Waals surface area contributed by atoms with Crippen LogP contribution in [0, 0.1) is 63.1 Å². The molecule has 0 N–H and O–H groups in total. The average Bonchev–Trinajstić information content (AvgIpc) is 2.37. The first-order valence-corrected chi connectivity index (χ1v) is 4.97. The van der Waals surface area contributed by atoms with Gasteiger partial charge in [0.05, 0.1) is 48.6 Å². The molecule has 6 heteroatoms. The normalized spacial score (nSPS) is 35.9. The second-order valence-electron chi connectivity index (χ2n) is 3.61. The molecule has 1 aliphatic heterocycles. The van der Waals surface area contributed by atoms with E-state index in [0.29, 0.717) is 0 Å². The maximum absolute atomic E-state index is 9.05. The second kappa shape index (κ2) is 5.83. The molecule has 0 aromatic rings. The van der Waals surface area contributed by atoms with Crippen LogP contribution >= 0.6 is 0 Å². The molecule has 1 fully saturated rings. The zero-order valence-electron chi connectivity index (χ0n) is 9.20. The SMILES string of the molecule is COC1OC(CC#N)C(C#N)C(C#N)C1C#N. The van der Waals surface area contributed by atoms with Gasteiger partial charge in [0.25, 0.3) is 0 Å². The van der Waals surface area contributed by atoms with Gasteiger partial charge in [-0.3, -0.25) is 0 Å². The molecular formula is C11H10N4O2. The number of hydrogen-bond acceptors (Lipinski definition) is 6. The van der Waals surface area contributed by atoms with Gasteiger partial charge in [0, 0.05) is 7.11 Å². The van der Waals surface area contributed by atoms with E-state index in [4.69, 9.17) is 30.5 Å². The summed E-state index contributed by atoms with van der Waals surface area (Å²) in [4.78, 5) is 0. The highest BCUT2D eigenvalue weighted by molar-refractivity contribution is 5.13. The molecule has 5 unspecified atom stereocenters. The topological polar surface area (TPSA) is 114 Å². The summed E-state index contributed by atoms with van der Waals surface area (Å²) < 4.78 is 10.4. The summed E-state index contributed by atoms with van der Waals surface area (Å²) in [6.45, 7) is 0. The van der Waals surface area contributed by atoms with Crippen LogP contribution in [-0.4, -0.2) is 19.5 Å². The fourth-order valence-electron chi connectivity index (χ4n) is 1.90. The Hall–Kier alpha value is -2.12. The first-order chi connectivity index (χ1) is 8.23. The molecule has 0 aromatic carbocycles. The van der Waals surface area contributed by atoms with Crippen LogP contribution in [0.1, 0.15) is 6.42 Å². The van der Waals surface area contributed by atoms with Crippen molar-refractivity contribution in [1.82, 2.24) is 0 Å². The number of ether oxygens (including phenoxy) is 2. The number of nitriles is 4. The maximum atomic E-state index is 9.05. The Balaban J connectivity index is 3.05. The molecule has 1 aliphatic rings. The molecule has 0 bridgehead atoms. The number of methoxy groups -OCH3 is 1. The quantitative estimate of drug-likeness (QED) is 0.689. The van der Waals surface area contributed by atoms with Gasteiger partial charge >= 0.3 is 0 Å². The summed E-state index contributed by atoms with van der Waals surface area (Å²) in [7, 11) is 1.36. The van der Waals surface area contributed by atoms with E-state index < -0.39 is 30.1 Å². The minimum absolute atomic E-state index is 0.00554. The van der Waals surface area contributed by atoms with Gasteiger partial charge in [-0.2, -0.15) is 21.0 Å². The molecule has 0 radical (unpaired) electrons. The van der Waals surface area contributed by atoms with E-state index in [1.807, 2.05) is 24.3 Å². The number of hydrogen-bond donors (Lipinski definition) is 0. The predicted molar refractivity (Wildman–Crippen MR) is 53.2 cm³/mol. The van der Waals surface area contributed by atoms with Crippen molar-refractivity contribution >= 4 is 0 Å². The van der Waals surface area contributed by atoms with E-state index in [1.54, 1.807) is 0 Å². The van der Waals surface area contributed by atoms with Gasteiger partial charge in [-0.05, 0) is 0 Å². The Labute approximate surface area is 99.2 Å². The third-order valence-electron chi connectivity index (χ3n) is 2.75. The van der Waals surface area contributed by atoms with Gasteiger partial charge in [0.1, 0.15) is 5.92 Å². The van der Waals surface area contributed by atoms with E-state index in [9.17, 15) is 0 Å². The van der Waals surface area contributed by atoms with Crippen LogP contribution in [0.2, 0.25) is 0 Å². The third kappa shape index (κ3) is 2.35. The van der Waals surface area contributed by atoms with Gasteiger partial charge < -0.3 is 9.47 Å². The van der Waals surface area contributed by atoms with E-state index in [2.05, 4.69) is 0 Å². The molecule has 1 saturated heterocycles. The Morgan fingerprint density at radius 2 is 1.59 bits per heavy atom. The molecule has 6 nitrogen and oxygen atoms in total. The van der Waals surface area contributed by atoms with E-state index in [-0.39, 0.29) is 6.42 Å². The van der Waals surface area contributed by atoms with Gasteiger partial charge in [0.15, 0.2) is 6.29 Å². The lowest BCUT2D eigenvalue weighted by Gasteiger charge is -2.37. The summed E-state index contributed by atoms with van der Waals surface area (Å²) in [5.74, 6) is -2.40. The number of nitrogens with zero attached hydrogens (tertiary/aromatic N) is 4. The van der Waals surface area contributed by atoms with Gasteiger partial charge in [-0.15, -0.1) is 0 Å². The Morgan fingerprint density at radius 3 is 2.00 bits per heavy atom. The van der Waals surface area contributed by atoms with Crippen molar-refractivity contribution in [2.24, 2.45) is 17.8 Å². The van der Waals surface area contributed by atoms with E-state index in [1.165, 1.54) is 7.11 Å². The van der Waals surface area contributed by atoms with Gasteiger partial charge in [-0.25, -0.2) is 0 Å². The van der Waals surface area contributed by atoms with Crippen molar-refractivity contribution in [1.29, 1.82) is 21.0 Å². The summed E-state index contributed by atoms with van der Waals surface area (Å²) in [5, 5.41) is 35.7.